The summed E-state index contributed by atoms with van der Waals surface area (Å²) in [6.45, 7) is 6.16. The number of hydrogen-bond donors (Lipinski definition) is 2. The number of para-hydroxylation sites is 1. The number of guanidine groups is 1. The maximum absolute atomic E-state index is 12.6. The summed E-state index contributed by atoms with van der Waals surface area (Å²) >= 11 is 0. The standard InChI is InChI=1S/C24H33N5O2.HI/c1-19-9-10-22(31-3)20(17-19)11-12-26-24(25-2)27-18-23(30)29-15-13-28(14-16-29)21-7-5-4-6-8-21;/h4-10,17H,11-16,18H2,1-3H3,(H2,25,26,27);1H. The van der Waals surface area contributed by atoms with E-state index in [9.17, 15) is 4.79 Å². The van der Waals surface area contributed by atoms with E-state index in [0.717, 1.165) is 43.9 Å². The van der Waals surface area contributed by atoms with E-state index in [-0.39, 0.29) is 36.4 Å². The zero-order valence-corrected chi connectivity index (χ0v) is 21.5. The summed E-state index contributed by atoms with van der Waals surface area (Å²) in [7, 11) is 3.40. The van der Waals surface area contributed by atoms with Crippen molar-refractivity contribution in [3.8, 4) is 5.75 Å². The van der Waals surface area contributed by atoms with Crippen LogP contribution >= 0.6 is 24.0 Å². The van der Waals surface area contributed by atoms with Crippen LogP contribution in [0, 0.1) is 6.92 Å². The van der Waals surface area contributed by atoms with Gasteiger partial charge in [0.25, 0.3) is 0 Å². The van der Waals surface area contributed by atoms with E-state index in [1.165, 1.54) is 11.3 Å². The molecule has 1 fully saturated rings. The highest BCUT2D eigenvalue weighted by Crippen LogP contribution is 2.19. The smallest absolute Gasteiger partial charge is 0.242 e. The first kappa shape index (κ1) is 25.8. The average Bonchev–Trinajstić information content (AvgIpc) is 2.82. The number of methoxy groups -OCH3 is 1. The summed E-state index contributed by atoms with van der Waals surface area (Å²) in [6, 6.07) is 16.5. The molecule has 0 bridgehead atoms. The summed E-state index contributed by atoms with van der Waals surface area (Å²) in [5, 5.41) is 6.42. The van der Waals surface area contributed by atoms with Crippen molar-refractivity contribution in [3.63, 3.8) is 0 Å². The number of rotatable bonds is 7. The number of anilines is 1. The van der Waals surface area contributed by atoms with Gasteiger partial charge in [-0.25, -0.2) is 0 Å². The van der Waals surface area contributed by atoms with E-state index in [0.29, 0.717) is 12.5 Å². The van der Waals surface area contributed by atoms with Crippen molar-refractivity contribution in [3.05, 3.63) is 59.7 Å². The van der Waals surface area contributed by atoms with Gasteiger partial charge in [0.15, 0.2) is 5.96 Å². The van der Waals surface area contributed by atoms with Gasteiger partial charge in [-0.05, 0) is 37.1 Å². The van der Waals surface area contributed by atoms with Crippen molar-refractivity contribution in [2.75, 3.05) is 58.3 Å². The summed E-state index contributed by atoms with van der Waals surface area (Å²) in [5.74, 6) is 1.61. The molecule has 7 nitrogen and oxygen atoms in total. The van der Waals surface area contributed by atoms with Gasteiger partial charge in [-0.2, -0.15) is 0 Å². The van der Waals surface area contributed by atoms with Crippen LogP contribution in [-0.4, -0.2) is 70.2 Å². The third-order valence-electron chi connectivity index (χ3n) is 5.51. The van der Waals surface area contributed by atoms with Gasteiger partial charge in [-0.15, -0.1) is 24.0 Å². The van der Waals surface area contributed by atoms with Crippen molar-refractivity contribution in [2.45, 2.75) is 13.3 Å². The van der Waals surface area contributed by atoms with E-state index in [1.54, 1.807) is 14.2 Å². The number of hydrogen-bond acceptors (Lipinski definition) is 4. The van der Waals surface area contributed by atoms with Gasteiger partial charge in [0.1, 0.15) is 5.75 Å². The summed E-state index contributed by atoms with van der Waals surface area (Å²) in [4.78, 5) is 21.1. The molecule has 1 amide bonds. The van der Waals surface area contributed by atoms with Gasteiger partial charge in [0, 0.05) is 45.5 Å². The molecule has 2 aromatic rings. The number of ether oxygens (including phenoxy) is 1. The number of nitrogens with zero attached hydrogens (tertiary/aromatic N) is 3. The minimum Gasteiger partial charge on any atom is -0.496 e. The lowest BCUT2D eigenvalue weighted by Crippen LogP contribution is -2.52. The Morgan fingerprint density at radius 1 is 1.06 bits per heavy atom. The molecule has 3 rings (SSSR count). The number of piperazine rings is 1. The molecule has 0 unspecified atom stereocenters. The Morgan fingerprint density at radius 3 is 2.44 bits per heavy atom. The maximum Gasteiger partial charge on any atom is 0.242 e. The molecule has 0 aliphatic carbocycles. The lowest BCUT2D eigenvalue weighted by atomic mass is 10.1. The topological polar surface area (TPSA) is 69.2 Å². The molecule has 0 aromatic heterocycles. The van der Waals surface area contributed by atoms with E-state index < -0.39 is 0 Å². The quantitative estimate of drug-likeness (QED) is 0.315. The molecule has 1 saturated heterocycles. The molecule has 0 spiro atoms. The monoisotopic (exact) mass is 551 g/mol. The first-order valence-electron chi connectivity index (χ1n) is 10.8. The Bertz CT molecular complexity index is 883. The van der Waals surface area contributed by atoms with Crippen LogP contribution in [0.25, 0.3) is 0 Å². The number of amides is 1. The van der Waals surface area contributed by atoms with Crippen LogP contribution in [0.15, 0.2) is 53.5 Å². The van der Waals surface area contributed by atoms with Crippen LogP contribution in [0.5, 0.6) is 5.75 Å². The highest BCUT2D eigenvalue weighted by molar-refractivity contribution is 14.0. The molecule has 1 heterocycles. The first-order chi connectivity index (χ1) is 15.1. The van der Waals surface area contributed by atoms with Crippen LogP contribution in [0.4, 0.5) is 5.69 Å². The third-order valence-corrected chi connectivity index (χ3v) is 5.51. The van der Waals surface area contributed by atoms with Crippen molar-refractivity contribution < 1.29 is 9.53 Å². The zero-order chi connectivity index (χ0) is 22.1. The minimum atomic E-state index is 0. The normalized spacial score (nSPS) is 13.9. The van der Waals surface area contributed by atoms with Crippen LogP contribution in [0.2, 0.25) is 0 Å². The molecule has 2 aromatic carbocycles. The molecular weight excluding hydrogens is 517 g/mol. The van der Waals surface area contributed by atoms with Gasteiger partial charge in [0.2, 0.25) is 5.91 Å². The fourth-order valence-corrected chi connectivity index (χ4v) is 3.76. The molecule has 32 heavy (non-hydrogen) atoms. The first-order valence-corrected chi connectivity index (χ1v) is 10.8. The SMILES string of the molecule is CN=C(NCCc1cc(C)ccc1OC)NCC(=O)N1CCN(c2ccccc2)CC1.I. The lowest BCUT2D eigenvalue weighted by Gasteiger charge is -2.36. The van der Waals surface area contributed by atoms with Gasteiger partial charge in [-0.3, -0.25) is 9.79 Å². The number of carbonyl (C=O) groups is 1. The third kappa shape index (κ3) is 7.29. The molecule has 0 radical (unpaired) electrons. The highest BCUT2D eigenvalue weighted by Gasteiger charge is 2.21. The number of aryl methyl sites for hydroxylation is 1. The van der Waals surface area contributed by atoms with Gasteiger partial charge in [0.05, 0.1) is 13.7 Å². The summed E-state index contributed by atoms with van der Waals surface area (Å²) in [5.41, 5.74) is 3.57. The van der Waals surface area contributed by atoms with Crippen LogP contribution in [0.3, 0.4) is 0 Å². The predicted octanol–water partition coefficient (Wildman–Crippen LogP) is 2.68. The van der Waals surface area contributed by atoms with Crippen molar-refractivity contribution in [1.82, 2.24) is 15.5 Å². The molecule has 0 saturated carbocycles. The fourth-order valence-electron chi connectivity index (χ4n) is 3.76. The molecule has 1 aliphatic rings. The Kier molecular flexibility index (Phi) is 10.6. The van der Waals surface area contributed by atoms with Crippen LogP contribution in [-0.2, 0) is 11.2 Å². The minimum absolute atomic E-state index is 0. The van der Waals surface area contributed by atoms with Crippen LogP contribution < -0.4 is 20.3 Å². The zero-order valence-electron chi connectivity index (χ0n) is 19.1. The summed E-state index contributed by atoms with van der Waals surface area (Å²) in [6.07, 6.45) is 0.806. The summed E-state index contributed by atoms with van der Waals surface area (Å²) < 4.78 is 5.44. The Morgan fingerprint density at radius 2 is 1.78 bits per heavy atom. The fraction of sp³-hybridized carbons (Fsp3) is 0.417. The van der Waals surface area contributed by atoms with E-state index in [1.807, 2.05) is 35.2 Å². The van der Waals surface area contributed by atoms with Gasteiger partial charge in [-0.1, -0.05) is 35.9 Å². The number of aliphatic imine (C=N–C) groups is 1. The second kappa shape index (κ2) is 13.1. The molecule has 0 atom stereocenters. The Balaban J connectivity index is 0.00000363. The van der Waals surface area contributed by atoms with Gasteiger partial charge < -0.3 is 25.2 Å². The molecule has 8 heteroatoms. The van der Waals surface area contributed by atoms with E-state index in [4.69, 9.17) is 4.74 Å². The number of carbonyl (C=O) groups excluding carboxylic acids is 1. The maximum atomic E-state index is 12.6. The van der Waals surface area contributed by atoms with Crippen molar-refractivity contribution in [1.29, 1.82) is 0 Å². The van der Waals surface area contributed by atoms with Gasteiger partial charge >= 0.3 is 0 Å². The van der Waals surface area contributed by atoms with Crippen LogP contribution in [0.1, 0.15) is 11.1 Å². The van der Waals surface area contributed by atoms with E-state index in [2.05, 4.69) is 45.6 Å². The van der Waals surface area contributed by atoms with Crippen molar-refractivity contribution in [2.24, 2.45) is 4.99 Å². The Hall–Kier alpha value is -2.49. The largest absolute Gasteiger partial charge is 0.496 e. The Labute approximate surface area is 208 Å². The molecule has 1 aliphatic heterocycles. The second-order valence-corrected chi connectivity index (χ2v) is 7.62. The molecule has 174 valence electrons. The lowest BCUT2D eigenvalue weighted by molar-refractivity contribution is -0.130. The highest BCUT2D eigenvalue weighted by atomic mass is 127. The van der Waals surface area contributed by atoms with E-state index >= 15 is 0 Å². The number of nitrogens with one attached hydrogen (secondary N) is 2. The molecule has 2 N–H and O–H groups in total. The predicted molar refractivity (Wildman–Crippen MR) is 141 cm³/mol. The number of benzene rings is 2. The molecular formula is C24H34IN5O2. The average molecular weight is 551 g/mol. The number of halogens is 1. The second-order valence-electron chi connectivity index (χ2n) is 7.62. The van der Waals surface area contributed by atoms with Crippen molar-refractivity contribution >= 4 is 41.5 Å².